The first kappa shape index (κ1) is 23.6. The van der Waals surface area contributed by atoms with Crippen molar-refractivity contribution in [2.24, 2.45) is 0 Å². The molecule has 2 aromatic carbocycles. The molecule has 0 spiro atoms. The first-order valence-corrected chi connectivity index (χ1v) is 13.4. The van der Waals surface area contributed by atoms with Crippen molar-refractivity contribution >= 4 is 33.4 Å². The van der Waals surface area contributed by atoms with Gasteiger partial charge in [0.2, 0.25) is 0 Å². The van der Waals surface area contributed by atoms with E-state index in [1.54, 1.807) is 55.1 Å². The fourth-order valence-electron chi connectivity index (χ4n) is 3.76. The zero-order valence-corrected chi connectivity index (χ0v) is 19.8. The van der Waals surface area contributed by atoms with Crippen LogP contribution in [0.25, 0.3) is 0 Å². The number of piperidine rings is 1. The highest BCUT2D eigenvalue weighted by atomic mass is 32.2. The van der Waals surface area contributed by atoms with Gasteiger partial charge in [0.25, 0.3) is 15.9 Å². The Kier molecular flexibility index (Phi) is 8.40. The quantitative estimate of drug-likeness (QED) is 0.575. The molecule has 8 heteroatoms. The molecule has 2 aromatic rings. The van der Waals surface area contributed by atoms with Crippen LogP contribution in [0.1, 0.15) is 36.5 Å². The van der Waals surface area contributed by atoms with Crippen molar-refractivity contribution in [3.05, 3.63) is 54.1 Å². The van der Waals surface area contributed by atoms with Crippen LogP contribution in [0.5, 0.6) is 0 Å². The Morgan fingerprint density at radius 2 is 1.68 bits per heavy atom. The third-order valence-corrected chi connectivity index (χ3v) is 8.18. The van der Waals surface area contributed by atoms with Crippen molar-refractivity contribution in [2.75, 3.05) is 43.3 Å². The number of nitrogens with one attached hydrogen (secondary N) is 1. The van der Waals surface area contributed by atoms with Gasteiger partial charge in [0.15, 0.2) is 0 Å². The number of thioether (sulfide) groups is 1. The van der Waals surface area contributed by atoms with Gasteiger partial charge in [0.05, 0.1) is 10.6 Å². The number of hydrogen-bond donors (Lipinski definition) is 1. The van der Waals surface area contributed by atoms with Crippen LogP contribution in [0, 0.1) is 0 Å². The fraction of sp³-hybridized carbons (Fsp3) is 0.435. The zero-order valence-electron chi connectivity index (χ0n) is 18.2. The summed E-state index contributed by atoms with van der Waals surface area (Å²) in [6.45, 7) is 5.78. The van der Waals surface area contributed by atoms with Gasteiger partial charge in [-0.05, 0) is 87.6 Å². The number of amides is 1. The van der Waals surface area contributed by atoms with E-state index in [2.05, 4.69) is 10.2 Å². The summed E-state index contributed by atoms with van der Waals surface area (Å²) in [5, 5.41) is 2.96. The van der Waals surface area contributed by atoms with Gasteiger partial charge in [-0.1, -0.05) is 6.42 Å². The Labute approximate surface area is 190 Å². The molecule has 31 heavy (non-hydrogen) atoms. The van der Waals surface area contributed by atoms with Gasteiger partial charge in [0, 0.05) is 30.1 Å². The number of benzene rings is 2. The van der Waals surface area contributed by atoms with Crippen molar-refractivity contribution in [2.45, 2.75) is 36.0 Å². The van der Waals surface area contributed by atoms with E-state index >= 15 is 0 Å². The fourth-order valence-corrected chi connectivity index (χ4v) is 5.64. The minimum Gasteiger partial charge on any atom is -0.351 e. The molecule has 0 atom stereocenters. The zero-order chi connectivity index (χ0) is 22.3. The second kappa shape index (κ2) is 11.0. The highest BCUT2D eigenvalue weighted by Crippen LogP contribution is 2.25. The molecule has 1 amide bonds. The molecule has 1 aliphatic heterocycles. The number of likely N-dealkylation sites (tertiary alicyclic amines) is 1. The molecule has 0 bridgehead atoms. The summed E-state index contributed by atoms with van der Waals surface area (Å²) < 4.78 is 27.6. The molecule has 1 fully saturated rings. The Bertz CT molecular complexity index is 955. The molecule has 0 aliphatic carbocycles. The number of carbonyl (C=O) groups is 1. The highest BCUT2D eigenvalue weighted by Gasteiger charge is 2.23. The lowest BCUT2D eigenvalue weighted by Crippen LogP contribution is -2.37. The summed E-state index contributed by atoms with van der Waals surface area (Å²) in [5.74, 6) is -0.137. The summed E-state index contributed by atoms with van der Waals surface area (Å²) in [4.78, 5) is 16.1. The Balaban J connectivity index is 1.64. The predicted octanol–water partition coefficient (Wildman–Crippen LogP) is 3.84. The average Bonchev–Trinajstić information content (AvgIpc) is 2.80. The molecule has 0 radical (unpaired) electrons. The summed E-state index contributed by atoms with van der Waals surface area (Å²) >= 11 is 1.57. The van der Waals surface area contributed by atoms with E-state index < -0.39 is 10.0 Å². The molecule has 168 valence electrons. The average molecular weight is 462 g/mol. The number of hydrogen-bond acceptors (Lipinski definition) is 5. The van der Waals surface area contributed by atoms with E-state index in [9.17, 15) is 13.2 Å². The third-order valence-electron chi connectivity index (χ3n) is 5.51. The smallest absolute Gasteiger partial charge is 0.264 e. The minimum absolute atomic E-state index is 0.137. The summed E-state index contributed by atoms with van der Waals surface area (Å²) in [6, 6.07) is 13.6. The molecule has 1 saturated heterocycles. The second-order valence-electron chi connectivity index (χ2n) is 7.55. The molecule has 0 saturated carbocycles. The van der Waals surface area contributed by atoms with Gasteiger partial charge >= 0.3 is 0 Å². The van der Waals surface area contributed by atoms with E-state index in [1.165, 1.54) is 23.6 Å². The molecule has 1 N–H and O–H groups in total. The van der Waals surface area contributed by atoms with Crippen molar-refractivity contribution in [3.8, 4) is 0 Å². The molecule has 1 aliphatic rings. The number of carbonyl (C=O) groups excluding carboxylic acids is 1. The molecule has 6 nitrogen and oxygen atoms in total. The molecular weight excluding hydrogens is 430 g/mol. The topological polar surface area (TPSA) is 69.7 Å². The number of sulfonamides is 1. The molecule has 0 aromatic heterocycles. The SMILES string of the molecule is CCN(c1ccc(C(=O)NCCN2CCCCC2)cc1)S(=O)(=O)c1ccc(SC)cc1. The van der Waals surface area contributed by atoms with E-state index in [-0.39, 0.29) is 10.8 Å². The van der Waals surface area contributed by atoms with Crippen LogP contribution in [-0.2, 0) is 10.0 Å². The third kappa shape index (κ3) is 6.02. The maximum absolute atomic E-state index is 13.1. The number of nitrogens with zero attached hydrogens (tertiary/aromatic N) is 2. The van der Waals surface area contributed by atoms with Crippen molar-refractivity contribution in [3.63, 3.8) is 0 Å². The van der Waals surface area contributed by atoms with Crippen molar-refractivity contribution < 1.29 is 13.2 Å². The summed E-state index contributed by atoms with van der Waals surface area (Å²) in [6.07, 6.45) is 5.71. The van der Waals surface area contributed by atoms with Crippen LogP contribution in [0.3, 0.4) is 0 Å². The van der Waals surface area contributed by atoms with Crippen LogP contribution < -0.4 is 9.62 Å². The largest absolute Gasteiger partial charge is 0.351 e. The molecule has 3 rings (SSSR count). The Morgan fingerprint density at radius 1 is 1.03 bits per heavy atom. The highest BCUT2D eigenvalue weighted by molar-refractivity contribution is 7.98. The number of anilines is 1. The lowest BCUT2D eigenvalue weighted by atomic mass is 10.1. The minimum atomic E-state index is -3.67. The van der Waals surface area contributed by atoms with Crippen LogP contribution in [0.15, 0.2) is 58.3 Å². The molecular formula is C23H31N3O3S2. The maximum atomic E-state index is 13.1. The summed E-state index contributed by atoms with van der Waals surface area (Å²) in [7, 11) is -3.67. The van der Waals surface area contributed by atoms with E-state index in [4.69, 9.17) is 0 Å². The standard InChI is InChI=1S/C23H31N3O3S2/c1-3-26(31(28,29)22-13-11-21(30-2)12-14-22)20-9-7-19(8-10-20)23(27)24-15-18-25-16-5-4-6-17-25/h7-14H,3-6,15-18H2,1-2H3,(H,24,27). The van der Waals surface area contributed by atoms with Gasteiger partial charge in [-0.15, -0.1) is 11.8 Å². The van der Waals surface area contributed by atoms with Crippen LogP contribution in [0.2, 0.25) is 0 Å². The van der Waals surface area contributed by atoms with Gasteiger partial charge in [-0.2, -0.15) is 0 Å². The van der Waals surface area contributed by atoms with Crippen LogP contribution >= 0.6 is 11.8 Å². The summed E-state index contributed by atoms with van der Waals surface area (Å²) in [5.41, 5.74) is 1.07. The van der Waals surface area contributed by atoms with Crippen molar-refractivity contribution in [1.29, 1.82) is 0 Å². The van der Waals surface area contributed by atoms with E-state index in [1.807, 2.05) is 18.4 Å². The van der Waals surface area contributed by atoms with Gasteiger partial charge < -0.3 is 10.2 Å². The van der Waals surface area contributed by atoms with Gasteiger partial charge in [-0.25, -0.2) is 8.42 Å². The number of rotatable bonds is 9. The Hall–Kier alpha value is -2.03. The molecule has 1 heterocycles. The van der Waals surface area contributed by atoms with E-state index in [0.717, 1.165) is 24.5 Å². The Morgan fingerprint density at radius 3 is 2.26 bits per heavy atom. The van der Waals surface area contributed by atoms with Crippen LogP contribution in [0.4, 0.5) is 5.69 Å². The maximum Gasteiger partial charge on any atom is 0.264 e. The monoisotopic (exact) mass is 461 g/mol. The first-order valence-electron chi connectivity index (χ1n) is 10.7. The predicted molar refractivity (Wildman–Crippen MR) is 127 cm³/mol. The normalized spacial score (nSPS) is 14.9. The second-order valence-corrected chi connectivity index (χ2v) is 10.3. The first-order chi connectivity index (χ1) is 15.0. The molecule has 0 unspecified atom stereocenters. The van der Waals surface area contributed by atoms with Crippen molar-refractivity contribution in [1.82, 2.24) is 10.2 Å². The van der Waals surface area contributed by atoms with Gasteiger partial charge in [-0.3, -0.25) is 9.10 Å². The van der Waals surface area contributed by atoms with E-state index in [0.29, 0.717) is 24.3 Å². The lowest BCUT2D eigenvalue weighted by Gasteiger charge is -2.26. The van der Waals surface area contributed by atoms with Crippen LogP contribution in [-0.4, -0.2) is 58.2 Å². The lowest BCUT2D eigenvalue weighted by molar-refractivity contribution is 0.0946. The van der Waals surface area contributed by atoms with Gasteiger partial charge in [0.1, 0.15) is 0 Å².